The van der Waals surface area contributed by atoms with Crippen LogP contribution in [0.1, 0.15) is 50.8 Å². The molecular formula is C25H40N2O3Si. The maximum Gasteiger partial charge on any atom is 0.410 e. The molecule has 1 saturated heterocycles. The van der Waals surface area contributed by atoms with Crippen LogP contribution in [0.25, 0.3) is 10.9 Å². The number of para-hydroxylation sites is 1. The second kappa shape index (κ2) is 9.37. The van der Waals surface area contributed by atoms with Gasteiger partial charge in [0.25, 0.3) is 0 Å². The number of amides is 1. The lowest BCUT2D eigenvalue weighted by Crippen LogP contribution is -2.42. The topological polar surface area (TPSA) is 43.7 Å². The second-order valence-corrected chi connectivity index (χ2v) is 16.7. The average molecular weight is 445 g/mol. The van der Waals surface area contributed by atoms with Crippen LogP contribution in [0.5, 0.6) is 0 Å². The molecule has 1 fully saturated rings. The summed E-state index contributed by atoms with van der Waals surface area (Å²) < 4.78 is 14.2. The second-order valence-electron chi connectivity index (χ2n) is 11.1. The molecule has 31 heavy (non-hydrogen) atoms. The van der Waals surface area contributed by atoms with E-state index in [9.17, 15) is 4.79 Å². The molecule has 1 aliphatic rings. The highest BCUT2D eigenvalue weighted by Crippen LogP contribution is 2.33. The van der Waals surface area contributed by atoms with Gasteiger partial charge in [0, 0.05) is 44.8 Å². The zero-order chi connectivity index (χ0) is 22.8. The summed E-state index contributed by atoms with van der Waals surface area (Å²) in [4.78, 5) is 14.6. The molecule has 0 saturated carbocycles. The Labute approximate surface area is 188 Å². The van der Waals surface area contributed by atoms with Gasteiger partial charge in [0.15, 0.2) is 0 Å². The standard InChI is InChI=1S/C25H40N2O3Si/c1-19-10-8-11-20-16-22(27(23(19)20)18-29-14-15-31(5,6)7)21-12-9-13-26(17-21)24(28)30-25(2,3)4/h8,10-11,16,21H,9,12-15,17-18H2,1-7H3. The van der Waals surface area contributed by atoms with Crippen LogP contribution in [-0.4, -0.2) is 48.9 Å². The Morgan fingerprint density at radius 2 is 1.97 bits per heavy atom. The van der Waals surface area contributed by atoms with Crippen molar-refractivity contribution in [3.05, 3.63) is 35.5 Å². The van der Waals surface area contributed by atoms with E-state index in [1.54, 1.807) is 0 Å². The van der Waals surface area contributed by atoms with Gasteiger partial charge in [-0.05, 0) is 58.2 Å². The molecule has 1 amide bonds. The number of ether oxygens (including phenoxy) is 2. The fourth-order valence-electron chi connectivity index (χ4n) is 4.26. The van der Waals surface area contributed by atoms with Crippen LogP contribution in [0.15, 0.2) is 24.3 Å². The minimum absolute atomic E-state index is 0.206. The smallest absolute Gasteiger partial charge is 0.410 e. The Balaban J connectivity index is 1.83. The predicted molar refractivity (Wildman–Crippen MR) is 131 cm³/mol. The Bertz CT molecular complexity index is 908. The molecule has 3 rings (SSSR count). The molecular weight excluding hydrogens is 404 g/mol. The van der Waals surface area contributed by atoms with Crippen LogP contribution in [-0.2, 0) is 16.2 Å². The fraction of sp³-hybridized carbons (Fsp3) is 0.640. The number of benzene rings is 1. The lowest BCUT2D eigenvalue weighted by Gasteiger charge is -2.34. The zero-order valence-corrected chi connectivity index (χ0v) is 21.5. The van der Waals surface area contributed by atoms with E-state index in [-0.39, 0.29) is 12.0 Å². The van der Waals surface area contributed by atoms with Gasteiger partial charge in [0.2, 0.25) is 0 Å². The van der Waals surface area contributed by atoms with Crippen LogP contribution in [0, 0.1) is 6.92 Å². The third kappa shape index (κ3) is 6.36. The van der Waals surface area contributed by atoms with E-state index in [4.69, 9.17) is 9.47 Å². The molecule has 0 N–H and O–H groups in total. The molecule has 172 valence electrons. The summed E-state index contributed by atoms with van der Waals surface area (Å²) in [5, 5.41) is 1.25. The van der Waals surface area contributed by atoms with Gasteiger partial charge in [-0.25, -0.2) is 4.79 Å². The minimum Gasteiger partial charge on any atom is -0.444 e. The molecule has 6 heteroatoms. The Kier molecular flexibility index (Phi) is 7.21. The molecule has 0 spiro atoms. The SMILES string of the molecule is Cc1cccc2cc(C3CCCN(C(=O)OC(C)(C)C)C3)n(COCC[Si](C)(C)C)c12. The molecule has 1 aliphatic heterocycles. The third-order valence-corrected chi connectivity index (χ3v) is 7.57. The first-order chi connectivity index (χ1) is 14.4. The number of hydrogen-bond acceptors (Lipinski definition) is 3. The number of nitrogens with zero attached hydrogens (tertiary/aromatic N) is 2. The number of likely N-dealkylation sites (tertiary alicyclic amines) is 1. The van der Waals surface area contributed by atoms with Gasteiger partial charge in [0.1, 0.15) is 12.3 Å². The van der Waals surface area contributed by atoms with Crippen molar-refractivity contribution in [2.45, 2.75) is 84.5 Å². The van der Waals surface area contributed by atoms with Crippen LogP contribution in [0.2, 0.25) is 25.7 Å². The van der Waals surface area contributed by atoms with Crippen molar-refractivity contribution in [1.29, 1.82) is 0 Å². The summed E-state index contributed by atoms with van der Waals surface area (Å²) in [6.45, 7) is 17.9. The molecule has 0 bridgehead atoms. The number of carbonyl (C=O) groups is 1. The Hall–Kier alpha value is -1.79. The van der Waals surface area contributed by atoms with Crippen LogP contribution < -0.4 is 0 Å². The number of fused-ring (bicyclic) bond motifs is 1. The summed E-state index contributed by atoms with van der Waals surface area (Å²) >= 11 is 0. The molecule has 0 radical (unpaired) electrons. The zero-order valence-electron chi connectivity index (χ0n) is 20.5. The number of piperidine rings is 1. The lowest BCUT2D eigenvalue weighted by atomic mass is 9.95. The first kappa shape index (κ1) is 23.9. The number of carbonyl (C=O) groups excluding carboxylic acids is 1. The van der Waals surface area contributed by atoms with Gasteiger partial charge in [-0.2, -0.15) is 0 Å². The van der Waals surface area contributed by atoms with Gasteiger partial charge in [-0.1, -0.05) is 37.8 Å². The van der Waals surface area contributed by atoms with E-state index in [1.165, 1.54) is 22.2 Å². The number of hydrogen-bond donors (Lipinski definition) is 0. The highest BCUT2D eigenvalue weighted by atomic mass is 28.3. The van der Waals surface area contributed by atoms with Crippen LogP contribution >= 0.6 is 0 Å². The number of aryl methyl sites for hydroxylation is 1. The van der Waals surface area contributed by atoms with Gasteiger partial charge in [-0.15, -0.1) is 0 Å². The first-order valence-corrected chi connectivity index (χ1v) is 15.3. The molecule has 1 aromatic heterocycles. The maximum atomic E-state index is 12.7. The van der Waals surface area contributed by atoms with E-state index < -0.39 is 13.7 Å². The summed E-state index contributed by atoms with van der Waals surface area (Å²) in [6.07, 6.45) is 1.85. The Morgan fingerprint density at radius 3 is 2.65 bits per heavy atom. The highest BCUT2D eigenvalue weighted by Gasteiger charge is 2.30. The largest absolute Gasteiger partial charge is 0.444 e. The molecule has 5 nitrogen and oxygen atoms in total. The summed E-state index contributed by atoms with van der Waals surface area (Å²) in [5.74, 6) is 0.286. The molecule has 1 atom stereocenters. The molecule has 2 heterocycles. The maximum absolute atomic E-state index is 12.7. The van der Waals surface area contributed by atoms with Gasteiger partial charge >= 0.3 is 6.09 Å². The van der Waals surface area contributed by atoms with Crippen molar-refractivity contribution in [3.63, 3.8) is 0 Å². The first-order valence-electron chi connectivity index (χ1n) is 11.6. The van der Waals surface area contributed by atoms with Crippen LogP contribution in [0.4, 0.5) is 4.79 Å². The fourth-order valence-corrected chi connectivity index (χ4v) is 5.01. The number of aromatic nitrogens is 1. The average Bonchev–Trinajstić information content (AvgIpc) is 3.03. The molecule has 1 aromatic carbocycles. The summed E-state index contributed by atoms with van der Waals surface area (Å²) in [6, 6.07) is 9.92. The van der Waals surface area contributed by atoms with Crippen molar-refractivity contribution in [1.82, 2.24) is 9.47 Å². The monoisotopic (exact) mass is 444 g/mol. The van der Waals surface area contributed by atoms with Crippen molar-refractivity contribution in [2.75, 3.05) is 19.7 Å². The number of rotatable bonds is 6. The molecule has 1 unspecified atom stereocenters. The summed E-state index contributed by atoms with van der Waals surface area (Å²) in [5.41, 5.74) is 3.31. The van der Waals surface area contributed by atoms with Gasteiger partial charge < -0.3 is 18.9 Å². The van der Waals surface area contributed by atoms with E-state index >= 15 is 0 Å². The Morgan fingerprint density at radius 1 is 1.23 bits per heavy atom. The normalized spacial score (nSPS) is 17.9. The molecule has 0 aliphatic carbocycles. The van der Waals surface area contributed by atoms with Crippen molar-refractivity contribution in [3.8, 4) is 0 Å². The quantitative estimate of drug-likeness (QED) is 0.384. The van der Waals surface area contributed by atoms with E-state index in [0.717, 1.165) is 32.0 Å². The summed E-state index contributed by atoms with van der Waals surface area (Å²) in [7, 11) is -1.12. The van der Waals surface area contributed by atoms with Gasteiger partial charge in [0.05, 0.1) is 5.52 Å². The highest BCUT2D eigenvalue weighted by molar-refractivity contribution is 6.76. The third-order valence-electron chi connectivity index (χ3n) is 5.86. The van der Waals surface area contributed by atoms with Gasteiger partial charge in [-0.3, -0.25) is 0 Å². The van der Waals surface area contributed by atoms with Crippen LogP contribution in [0.3, 0.4) is 0 Å². The van der Waals surface area contributed by atoms with Crippen molar-refractivity contribution in [2.24, 2.45) is 0 Å². The predicted octanol–water partition coefficient (Wildman–Crippen LogP) is 6.38. The molecule has 2 aromatic rings. The lowest BCUT2D eigenvalue weighted by molar-refractivity contribution is 0.0193. The van der Waals surface area contributed by atoms with Crippen molar-refractivity contribution >= 4 is 25.1 Å². The minimum atomic E-state index is -1.12. The van der Waals surface area contributed by atoms with E-state index in [1.807, 2.05) is 25.7 Å². The van der Waals surface area contributed by atoms with E-state index in [0.29, 0.717) is 13.3 Å². The van der Waals surface area contributed by atoms with Crippen molar-refractivity contribution < 1.29 is 14.3 Å². The van der Waals surface area contributed by atoms with E-state index in [2.05, 4.69) is 55.4 Å².